The fourth-order valence-corrected chi connectivity index (χ4v) is 3.64. The Morgan fingerprint density at radius 3 is 3.09 bits per heavy atom. The van der Waals surface area contributed by atoms with Crippen LogP contribution in [0.4, 0.5) is 0 Å². The fraction of sp³-hybridized carbons (Fsp3) is 0.312. The fourth-order valence-electron chi connectivity index (χ4n) is 3.11. The number of nitrogens with zero attached hydrogens (tertiary/aromatic N) is 2. The lowest BCUT2D eigenvalue weighted by molar-refractivity contribution is -0.0315. The first-order valence-corrected chi connectivity index (χ1v) is 8.39. The number of piperidine rings is 1. The molecule has 1 aromatic carbocycles. The number of hydrogen-bond donors (Lipinski definition) is 1. The Morgan fingerprint density at radius 2 is 2.26 bits per heavy atom. The number of carbonyl (C=O) groups excluding carboxylic acids is 2. The van der Waals surface area contributed by atoms with Crippen LogP contribution in [-0.4, -0.2) is 40.5 Å². The van der Waals surface area contributed by atoms with E-state index in [1.807, 2.05) is 6.07 Å². The van der Waals surface area contributed by atoms with Crippen LogP contribution in [0.5, 0.6) is 5.75 Å². The maximum atomic E-state index is 12.5. The largest absolute Gasteiger partial charge is 0.465 e. The van der Waals surface area contributed by atoms with E-state index in [0.29, 0.717) is 36.5 Å². The number of fused-ring (bicyclic) bond motifs is 1. The highest BCUT2D eigenvalue weighted by atomic mass is 32.1. The van der Waals surface area contributed by atoms with Gasteiger partial charge in [-0.05, 0) is 18.6 Å². The molecule has 1 atom stereocenters. The molecule has 1 spiro atoms. The van der Waals surface area contributed by atoms with Gasteiger partial charge in [-0.1, -0.05) is 12.1 Å². The summed E-state index contributed by atoms with van der Waals surface area (Å²) in [6.07, 6.45) is 1.44. The van der Waals surface area contributed by atoms with E-state index in [1.165, 1.54) is 11.3 Å². The zero-order chi connectivity index (χ0) is 15.9. The van der Waals surface area contributed by atoms with Gasteiger partial charge in [0.2, 0.25) is 5.72 Å². The zero-order valence-corrected chi connectivity index (χ0v) is 13.1. The van der Waals surface area contributed by atoms with E-state index < -0.39 is 5.72 Å². The molecule has 7 heteroatoms. The number of hydrogen-bond acceptors (Lipinski definition) is 5. The number of ether oxygens (including phenoxy) is 1. The van der Waals surface area contributed by atoms with Crippen LogP contribution < -0.4 is 10.1 Å². The van der Waals surface area contributed by atoms with Crippen LogP contribution in [0.15, 0.2) is 35.2 Å². The molecule has 2 amide bonds. The second-order valence-electron chi connectivity index (χ2n) is 5.75. The SMILES string of the molecule is O=C1N[C@]2(CCCN(C(=O)c3cscn3)C2)Oc2ccccc21. The van der Waals surface area contributed by atoms with E-state index in [-0.39, 0.29) is 11.8 Å². The molecule has 0 aliphatic carbocycles. The quantitative estimate of drug-likeness (QED) is 0.867. The Bertz CT molecular complexity index is 762. The van der Waals surface area contributed by atoms with Crippen LogP contribution in [0, 0.1) is 0 Å². The van der Waals surface area contributed by atoms with Gasteiger partial charge in [0.15, 0.2) is 0 Å². The normalized spacial score (nSPS) is 23.1. The van der Waals surface area contributed by atoms with Gasteiger partial charge < -0.3 is 15.0 Å². The summed E-state index contributed by atoms with van der Waals surface area (Å²) < 4.78 is 6.08. The summed E-state index contributed by atoms with van der Waals surface area (Å²) in [5.41, 5.74) is 1.76. The van der Waals surface area contributed by atoms with Crippen LogP contribution in [0.25, 0.3) is 0 Å². The van der Waals surface area contributed by atoms with Crippen molar-refractivity contribution in [1.82, 2.24) is 15.2 Å². The highest BCUT2D eigenvalue weighted by molar-refractivity contribution is 7.07. The number of likely N-dealkylation sites (tertiary alicyclic amines) is 1. The van der Waals surface area contributed by atoms with Crippen molar-refractivity contribution in [1.29, 1.82) is 0 Å². The minimum absolute atomic E-state index is 0.123. The number of carbonyl (C=O) groups is 2. The summed E-state index contributed by atoms with van der Waals surface area (Å²) in [7, 11) is 0. The first-order chi connectivity index (χ1) is 11.2. The molecular formula is C16H15N3O3S. The standard InChI is InChI=1S/C16H15N3O3S/c20-14-11-4-1-2-5-13(11)22-16(18-14)6-3-7-19(9-16)15(21)12-8-23-10-17-12/h1-2,4-5,8,10H,3,6-7,9H2,(H,18,20)/t16-/m1/s1. The number of aromatic nitrogens is 1. The lowest BCUT2D eigenvalue weighted by Crippen LogP contribution is -2.64. The molecule has 2 aliphatic rings. The topological polar surface area (TPSA) is 71.5 Å². The van der Waals surface area contributed by atoms with Gasteiger partial charge in [-0.15, -0.1) is 11.3 Å². The van der Waals surface area contributed by atoms with Gasteiger partial charge in [0, 0.05) is 18.3 Å². The predicted molar refractivity (Wildman–Crippen MR) is 84.5 cm³/mol. The number of benzene rings is 1. The van der Waals surface area contributed by atoms with Gasteiger partial charge in [0.1, 0.15) is 11.4 Å². The van der Waals surface area contributed by atoms with E-state index in [4.69, 9.17) is 4.74 Å². The van der Waals surface area contributed by atoms with Gasteiger partial charge >= 0.3 is 0 Å². The third kappa shape index (κ3) is 2.46. The molecule has 1 aromatic heterocycles. The monoisotopic (exact) mass is 329 g/mol. The van der Waals surface area contributed by atoms with Gasteiger partial charge in [-0.2, -0.15) is 0 Å². The van der Waals surface area contributed by atoms with E-state index in [2.05, 4.69) is 10.3 Å². The van der Waals surface area contributed by atoms with Gasteiger partial charge in [0.25, 0.3) is 11.8 Å². The minimum Gasteiger partial charge on any atom is -0.465 e. The highest BCUT2D eigenvalue weighted by Crippen LogP contribution is 2.32. The van der Waals surface area contributed by atoms with Crippen molar-refractivity contribution in [3.63, 3.8) is 0 Å². The second kappa shape index (κ2) is 5.34. The smallest absolute Gasteiger partial charge is 0.273 e. The second-order valence-corrected chi connectivity index (χ2v) is 6.47. The molecule has 0 bridgehead atoms. The maximum absolute atomic E-state index is 12.5. The molecule has 1 saturated heterocycles. The first-order valence-electron chi connectivity index (χ1n) is 7.45. The molecule has 0 radical (unpaired) electrons. The number of nitrogens with one attached hydrogen (secondary N) is 1. The molecule has 2 aliphatic heterocycles. The molecular weight excluding hydrogens is 314 g/mol. The third-order valence-corrected chi connectivity index (χ3v) is 4.76. The Balaban J connectivity index is 1.60. The lowest BCUT2D eigenvalue weighted by atomic mass is 9.97. The number of amides is 2. The number of rotatable bonds is 1. The zero-order valence-electron chi connectivity index (χ0n) is 12.3. The third-order valence-electron chi connectivity index (χ3n) is 4.17. The van der Waals surface area contributed by atoms with E-state index in [0.717, 1.165) is 6.42 Å². The van der Waals surface area contributed by atoms with Crippen LogP contribution in [-0.2, 0) is 0 Å². The summed E-state index contributed by atoms with van der Waals surface area (Å²) in [6, 6.07) is 7.17. The van der Waals surface area contributed by atoms with Crippen molar-refractivity contribution < 1.29 is 14.3 Å². The molecule has 118 valence electrons. The van der Waals surface area contributed by atoms with Crippen molar-refractivity contribution in [2.75, 3.05) is 13.1 Å². The molecule has 3 heterocycles. The summed E-state index contributed by atoms with van der Waals surface area (Å²) in [5.74, 6) is 0.288. The molecule has 0 saturated carbocycles. The average Bonchev–Trinajstić information content (AvgIpc) is 3.08. The Morgan fingerprint density at radius 1 is 1.39 bits per heavy atom. The van der Waals surface area contributed by atoms with E-state index in [9.17, 15) is 9.59 Å². The summed E-state index contributed by atoms with van der Waals surface area (Å²) in [6.45, 7) is 0.961. The lowest BCUT2D eigenvalue weighted by Gasteiger charge is -2.45. The first kappa shape index (κ1) is 14.2. The molecule has 1 fully saturated rings. The molecule has 6 nitrogen and oxygen atoms in total. The van der Waals surface area contributed by atoms with Gasteiger partial charge in [-0.3, -0.25) is 9.59 Å². The summed E-state index contributed by atoms with van der Waals surface area (Å²) >= 11 is 1.39. The summed E-state index contributed by atoms with van der Waals surface area (Å²) in [5, 5.41) is 4.68. The molecule has 1 N–H and O–H groups in total. The molecule has 2 aromatic rings. The van der Waals surface area contributed by atoms with Crippen LogP contribution >= 0.6 is 11.3 Å². The minimum atomic E-state index is -0.852. The van der Waals surface area contributed by atoms with Crippen LogP contribution in [0.2, 0.25) is 0 Å². The van der Waals surface area contributed by atoms with Crippen molar-refractivity contribution in [3.8, 4) is 5.75 Å². The van der Waals surface area contributed by atoms with Crippen LogP contribution in [0.3, 0.4) is 0 Å². The Hall–Kier alpha value is -2.41. The Labute approximate surface area is 137 Å². The maximum Gasteiger partial charge on any atom is 0.273 e. The molecule has 4 rings (SSSR count). The Kier molecular flexibility index (Phi) is 3.30. The van der Waals surface area contributed by atoms with Gasteiger partial charge in [-0.25, -0.2) is 4.98 Å². The van der Waals surface area contributed by atoms with E-state index in [1.54, 1.807) is 34.0 Å². The van der Waals surface area contributed by atoms with Crippen molar-refractivity contribution in [2.45, 2.75) is 18.6 Å². The molecule has 0 unspecified atom stereocenters. The number of thiazole rings is 1. The number of para-hydroxylation sites is 1. The van der Waals surface area contributed by atoms with Gasteiger partial charge in [0.05, 0.1) is 17.6 Å². The van der Waals surface area contributed by atoms with Crippen molar-refractivity contribution in [3.05, 3.63) is 46.4 Å². The van der Waals surface area contributed by atoms with Crippen LogP contribution in [0.1, 0.15) is 33.7 Å². The van der Waals surface area contributed by atoms with Crippen molar-refractivity contribution >= 4 is 23.2 Å². The summed E-state index contributed by atoms with van der Waals surface area (Å²) in [4.78, 5) is 30.7. The molecule has 23 heavy (non-hydrogen) atoms. The van der Waals surface area contributed by atoms with Crippen molar-refractivity contribution in [2.24, 2.45) is 0 Å². The van der Waals surface area contributed by atoms with E-state index >= 15 is 0 Å². The average molecular weight is 329 g/mol. The highest BCUT2D eigenvalue weighted by Gasteiger charge is 2.44. The predicted octanol–water partition coefficient (Wildman–Crippen LogP) is 1.90.